The van der Waals surface area contributed by atoms with Gasteiger partial charge in [0.05, 0.1) is 0 Å². The van der Waals surface area contributed by atoms with Crippen LogP contribution in [0.25, 0.3) is 11.1 Å². The van der Waals surface area contributed by atoms with Crippen LogP contribution in [0.4, 0.5) is 0 Å². The van der Waals surface area contributed by atoms with Crippen LogP contribution in [0.2, 0.25) is 5.02 Å². The van der Waals surface area contributed by atoms with Gasteiger partial charge in [0, 0.05) is 9.90 Å². The number of hydrogen-bond donors (Lipinski definition) is 0. The number of benzene rings is 1. The molecule has 1 aromatic carbocycles. The van der Waals surface area contributed by atoms with Crippen LogP contribution < -0.4 is 0 Å². The average Bonchev–Trinajstić information content (AvgIpc) is 2.67. The quantitative estimate of drug-likeness (QED) is 0.639. The zero-order valence-electron chi connectivity index (χ0n) is 9.75. The van der Waals surface area contributed by atoms with Crippen LogP contribution >= 0.6 is 22.9 Å². The Hall–Kier alpha value is -0.790. The summed E-state index contributed by atoms with van der Waals surface area (Å²) in [7, 11) is 0. The van der Waals surface area contributed by atoms with Crippen molar-refractivity contribution in [2.24, 2.45) is 0 Å². The van der Waals surface area contributed by atoms with Crippen molar-refractivity contribution in [2.75, 3.05) is 0 Å². The summed E-state index contributed by atoms with van der Waals surface area (Å²) in [6.45, 7) is 6.72. The van der Waals surface area contributed by atoms with Crippen molar-refractivity contribution in [3.63, 3.8) is 0 Å². The van der Waals surface area contributed by atoms with E-state index in [0.717, 1.165) is 5.02 Å². The fraction of sp³-hybridized carbons (Fsp3) is 0.286. The monoisotopic (exact) mass is 250 g/mol. The fourth-order valence-corrected chi connectivity index (χ4v) is 2.66. The summed E-state index contributed by atoms with van der Waals surface area (Å²) in [5, 5.41) is 3.00. The Kier molecular flexibility index (Phi) is 3.09. The van der Waals surface area contributed by atoms with E-state index in [1.54, 1.807) is 0 Å². The molecule has 0 nitrogen and oxygen atoms in total. The molecule has 0 aliphatic carbocycles. The maximum absolute atomic E-state index is 5.88. The molecule has 0 saturated heterocycles. The molecule has 2 heteroatoms. The van der Waals surface area contributed by atoms with E-state index in [9.17, 15) is 0 Å². The van der Waals surface area contributed by atoms with Gasteiger partial charge in [-0.2, -0.15) is 0 Å². The minimum atomic E-state index is 0.231. The lowest BCUT2D eigenvalue weighted by atomic mass is 9.93. The van der Waals surface area contributed by atoms with Gasteiger partial charge in [-0.1, -0.05) is 44.5 Å². The number of halogens is 1. The highest BCUT2D eigenvalue weighted by Crippen LogP contribution is 2.33. The van der Waals surface area contributed by atoms with Gasteiger partial charge in [-0.3, -0.25) is 0 Å². The second kappa shape index (κ2) is 4.23. The SMILES string of the molecule is CC(C)(C)c1cc(-c2ccc(Cl)cc2)cs1. The third-order valence-electron chi connectivity index (χ3n) is 2.52. The van der Waals surface area contributed by atoms with E-state index in [4.69, 9.17) is 11.6 Å². The van der Waals surface area contributed by atoms with E-state index in [1.165, 1.54) is 16.0 Å². The summed E-state index contributed by atoms with van der Waals surface area (Å²) >= 11 is 7.70. The molecule has 0 aliphatic rings. The maximum Gasteiger partial charge on any atom is 0.0406 e. The number of hydrogen-bond acceptors (Lipinski definition) is 1. The van der Waals surface area contributed by atoms with Crippen LogP contribution in [0, 0.1) is 0 Å². The molecule has 2 rings (SSSR count). The molecule has 2 aromatic rings. The second-order valence-corrected chi connectivity index (χ2v) is 6.30. The molecule has 0 N–H and O–H groups in total. The number of thiophene rings is 1. The topological polar surface area (TPSA) is 0 Å². The standard InChI is InChI=1S/C14H15ClS/c1-14(2,3)13-8-11(9-16-13)10-4-6-12(15)7-5-10/h4-9H,1-3H3. The summed E-state index contributed by atoms with van der Waals surface area (Å²) in [6, 6.07) is 10.3. The maximum atomic E-state index is 5.88. The molecule has 0 aliphatic heterocycles. The highest BCUT2D eigenvalue weighted by atomic mass is 35.5. The zero-order valence-corrected chi connectivity index (χ0v) is 11.3. The zero-order chi connectivity index (χ0) is 11.8. The predicted molar refractivity (Wildman–Crippen MR) is 73.5 cm³/mol. The molecule has 0 fully saturated rings. The smallest absolute Gasteiger partial charge is 0.0406 e. The van der Waals surface area contributed by atoms with E-state index in [-0.39, 0.29) is 5.41 Å². The largest absolute Gasteiger partial charge is 0.148 e. The van der Waals surface area contributed by atoms with Crippen molar-refractivity contribution in [1.82, 2.24) is 0 Å². The molecule has 0 radical (unpaired) electrons. The molecule has 0 spiro atoms. The first kappa shape index (κ1) is 11.7. The summed E-state index contributed by atoms with van der Waals surface area (Å²) < 4.78 is 0. The number of rotatable bonds is 1. The Labute approximate surface area is 106 Å². The lowest BCUT2D eigenvalue weighted by Crippen LogP contribution is -2.07. The van der Waals surface area contributed by atoms with E-state index >= 15 is 0 Å². The molecule has 0 bridgehead atoms. The van der Waals surface area contributed by atoms with Gasteiger partial charge in [0.25, 0.3) is 0 Å². The van der Waals surface area contributed by atoms with E-state index in [1.807, 2.05) is 23.5 Å². The van der Waals surface area contributed by atoms with Gasteiger partial charge < -0.3 is 0 Å². The Morgan fingerprint density at radius 3 is 2.12 bits per heavy atom. The van der Waals surface area contributed by atoms with Crippen molar-refractivity contribution in [3.05, 3.63) is 45.6 Å². The first-order chi connectivity index (χ1) is 7.47. The minimum Gasteiger partial charge on any atom is -0.148 e. The van der Waals surface area contributed by atoms with Crippen molar-refractivity contribution < 1.29 is 0 Å². The highest BCUT2D eigenvalue weighted by Gasteiger charge is 2.16. The molecule has 1 heterocycles. The van der Waals surface area contributed by atoms with E-state index < -0.39 is 0 Å². The van der Waals surface area contributed by atoms with Crippen LogP contribution in [0.15, 0.2) is 35.7 Å². The fourth-order valence-electron chi connectivity index (χ4n) is 1.52. The van der Waals surface area contributed by atoms with Crippen molar-refractivity contribution in [2.45, 2.75) is 26.2 Å². The van der Waals surface area contributed by atoms with Gasteiger partial charge in [0.2, 0.25) is 0 Å². The normalized spacial score (nSPS) is 11.8. The summed E-state index contributed by atoms with van der Waals surface area (Å²) in [6.07, 6.45) is 0. The summed E-state index contributed by atoms with van der Waals surface area (Å²) in [5.41, 5.74) is 2.75. The van der Waals surface area contributed by atoms with E-state index in [2.05, 4.69) is 44.4 Å². The molecule has 84 valence electrons. The molecule has 1 aromatic heterocycles. The van der Waals surface area contributed by atoms with Gasteiger partial charge >= 0.3 is 0 Å². The van der Waals surface area contributed by atoms with Gasteiger partial charge in [-0.05, 0) is 40.1 Å². The van der Waals surface area contributed by atoms with Crippen molar-refractivity contribution >= 4 is 22.9 Å². The predicted octanol–water partition coefficient (Wildman–Crippen LogP) is 5.37. The minimum absolute atomic E-state index is 0.231. The third-order valence-corrected chi connectivity index (χ3v) is 4.12. The molecular weight excluding hydrogens is 236 g/mol. The van der Waals surface area contributed by atoms with Gasteiger partial charge in [-0.25, -0.2) is 0 Å². The van der Waals surface area contributed by atoms with Crippen LogP contribution in [0.3, 0.4) is 0 Å². The van der Waals surface area contributed by atoms with Crippen LogP contribution in [0.5, 0.6) is 0 Å². The van der Waals surface area contributed by atoms with E-state index in [0.29, 0.717) is 0 Å². The Morgan fingerprint density at radius 1 is 1.00 bits per heavy atom. The second-order valence-electron chi connectivity index (χ2n) is 4.96. The highest BCUT2D eigenvalue weighted by molar-refractivity contribution is 7.10. The van der Waals surface area contributed by atoms with Crippen molar-refractivity contribution in [1.29, 1.82) is 0 Å². The third kappa shape index (κ3) is 2.47. The lowest BCUT2D eigenvalue weighted by Gasteiger charge is -2.15. The Morgan fingerprint density at radius 2 is 1.62 bits per heavy atom. The van der Waals surface area contributed by atoms with Crippen LogP contribution in [0.1, 0.15) is 25.6 Å². The Bertz CT molecular complexity index is 474. The van der Waals surface area contributed by atoms with Gasteiger partial charge in [-0.15, -0.1) is 11.3 Å². The average molecular weight is 251 g/mol. The molecule has 16 heavy (non-hydrogen) atoms. The summed E-state index contributed by atoms with van der Waals surface area (Å²) in [4.78, 5) is 1.41. The Balaban J connectivity index is 2.35. The molecule has 0 amide bonds. The lowest BCUT2D eigenvalue weighted by molar-refractivity contribution is 0.604. The van der Waals surface area contributed by atoms with Crippen LogP contribution in [-0.2, 0) is 5.41 Å². The first-order valence-electron chi connectivity index (χ1n) is 5.32. The van der Waals surface area contributed by atoms with Crippen molar-refractivity contribution in [3.8, 4) is 11.1 Å². The summed E-state index contributed by atoms with van der Waals surface area (Å²) in [5.74, 6) is 0. The van der Waals surface area contributed by atoms with Crippen LogP contribution in [-0.4, -0.2) is 0 Å². The van der Waals surface area contributed by atoms with Gasteiger partial charge in [0.1, 0.15) is 0 Å². The molecule has 0 saturated carbocycles. The molecular formula is C14H15ClS. The molecule has 0 unspecified atom stereocenters. The first-order valence-corrected chi connectivity index (χ1v) is 6.57. The van der Waals surface area contributed by atoms with Gasteiger partial charge in [0.15, 0.2) is 0 Å². The molecule has 0 atom stereocenters.